The Balaban J connectivity index is 1.89. The van der Waals surface area contributed by atoms with Crippen molar-refractivity contribution in [2.75, 3.05) is 6.54 Å². The Kier molecular flexibility index (Phi) is 1.87. The van der Waals surface area contributed by atoms with Crippen LogP contribution in [0.1, 0.15) is 23.4 Å². The van der Waals surface area contributed by atoms with E-state index in [2.05, 4.69) is 10.3 Å². The predicted octanol–water partition coefficient (Wildman–Crippen LogP) is 1.61. The molecule has 2 heterocycles. The molecule has 3 heteroatoms. The van der Waals surface area contributed by atoms with Crippen LogP contribution in [-0.2, 0) is 12.8 Å². The number of thiazole rings is 1. The zero-order valence-electron chi connectivity index (χ0n) is 7.62. The van der Waals surface area contributed by atoms with Gasteiger partial charge in [0, 0.05) is 10.9 Å². The van der Waals surface area contributed by atoms with Gasteiger partial charge in [-0.05, 0) is 38.1 Å². The van der Waals surface area contributed by atoms with Gasteiger partial charge >= 0.3 is 0 Å². The molecule has 0 saturated carbocycles. The minimum Gasteiger partial charge on any atom is -0.313 e. The maximum absolute atomic E-state index is 4.44. The molecule has 2 atom stereocenters. The SMILES string of the molecule is c1nc2c(s1)CC1NCCCC1C2. The Bertz CT molecular complexity index is 279. The van der Waals surface area contributed by atoms with Crippen molar-refractivity contribution in [1.82, 2.24) is 10.3 Å². The third-order valence-corrected chi connectivity index (χ3v) is 4.21. The van der Waals surface area contributed by atoms with Crippen LogP contribution in [0.15, 0.2) is 5.51 Å². The number of rotatable bonds is 0. The van der Waals surface area contributed by atoms with E-state index < -0.39 is 0 Å². The lowest BCUT2D eigenvalue weighted by atomic mass is 9.81. The first-order valence-corrected chi connectivity index (χ1v) is 5.96. The standard InChI is InChI=1S/C10H14N2S/c1-2-7-4-9-10(13-6-12-9)5-8(7)11-3-1/h6-8,11H,1-5H2. The van der Waals surface area contributed by atoms with Crippen LogP contribution in [0.5, 0.6) is 0 Å². The summed E-state index contributed by atoms with van der Waals surface area (Å²) in [6.45, 7) is 1.22. The highest BCUT2D eigenvalue weighted by molar-refractivity contribution is 7.09. The van der Waals surface area contributed by atoms with Crippen molar-refractivity contribution >= 4 is 11.3 Å². The van der Waals surface area contributed by atoms with Crippen molar-refractivity contribution in [3.8, 4) is 0 Å². The number of nitrogens with one attached hydrogen (secondary N) is 1. The molecule has 1 aromatic rings. The van der Waals surface area contributed by atoms with Gasteiger partial charge in [0.15, 0.2) is 0 Å². The molecule has 1 aromatic heterocycles. The van der Waals surface area contributed by atoms with Crippen LogP contribution in [0.4, 0.5) is 0 Å². The van der Waals surface area contributed by atoms with Crippen LogP contribution in [-0.4, -0.2) is 17.6 Å². The number of fused-ring (bicyclic) bond motifs is 2. The normalized spacial score (nSPS) is 32.3. The summed E-state index contributed by atoms with van der Waals surface area (Å²) in [5.41, 5.74) is 3.39. The first-order chi connectivity index (χ1) is 6.43. The molecule has 2 unspecified atom stereocenters. The molecule has 0 radical (unpaired) electrons. The van der Waals surface area contributed by atoms with Crippen molar-refractivity contribution in [3.05, 3.63) is 16.1 Å². The van der Waals surface area contributed by atoms with Gasteiger partial charge in [-0.15, -0.1) is 11.3 Å². The molecule has 2 nitrogen and oxygen atoms in total. The maximum Gasteiger partial charge on any atom is 0.0797 e. The molecule has 3 rings (SSSR count). The molecular formula is C10H14N2S. The molecule has 0 aromatic carbocycles. The Morgan fingerprint density at radius 2 is 2.46 bits per heavy atom. The Hall–Kier alpha value is -0.410. The van der Waals surface area contributed by atoms with E-state index in [4.69, 9.17) is 0 Å². The van der Waals surface area contributed by atoms with Crippen LogP contribution in [0, 0.1) is 5.92 Å². The Morgan fingerprint density at radius 1 is 1.46 bits per heavy atom. The topological polar surface area (TPSA) is 24.9 Å². The molecule has 2 aliphatic rings. The van der Waals surface area contributed by atoms with Gasteiger partial charge in [0.1, 0.15) is 0 Å². The molecule has 1 saturated heterocycles. The summed E-state index contributed by atoms with van der Waals surface area (Å²) < 4.78 is 0. The summed E-state index contributed by atoms with van der Waals surface area (Å²) in [5, 5.41) is 3.63. The summed E-state index contributed by atoms with van der Waals surface area (Å²) >= 11 is 1.83. The smallest absolute Gasteiger partial charge is 0.0797 e. The van der Waals surface area contributed by atoms with Gasteiger partial charge in [-0.2, -0.15) is 0 Å². The first kappa shape index (κ1) is 7.94. The van der Waals surface area contributed by atoms with Gasteiger partial charge in [0.25, 0.3) is 0 Å². The van der Waals surface area contributed by atoms with Crippen LogP contribution in [0.3, 0.4) is 0 Å². The van der Waals surface area contributed by atoms with Crippen LogP contribution < -0.4 is 5.32 Å². The second-order valence-corrected chi connectivity index (χ2v) is 5.03. The van der Waals surface area contributed by atoms with E-state index in [1.807, 2.05) is 16.8 Å². The molecule has 70 valence electrons. The maximum atomic E-state index is 4.44. The summed E-state index contributed by atoms with van der Waals surface area (Å²) in [5.74, 6) is 0.864. The molecule has 1 fully saturated rings. The van der Waals surface area contributed by atoms with Gasteiger partial charge in [0.05, 0.1) is 11.2 Å². The van der Waals surface area contributed by atoms with Gasteiger partial charge in [-0.25, -0.2) is 4.98 Å². The summed E-state index contributed by atoms with van der Waals surface area (Å²) in [6, 6.07) is 0.752. The average Bonchev–Trinajstić information content (AvgIpc) is 2.61. The van der Waals surface area contributed by atoms with Gasteiger partial charge in [-0.1, -0.05) is 0 Å². The van der Waals surface area contributed by atoms with Crippen molar-refractivity contribution in [2.45, 2.75) is 31.7 Å². The number of piperidine rings is 1. The first-order valence-electron chi connectivity index (χ1n) is 5.08. The number of nitrogens with zero attached hydrogens (tertiary/aromatic N) is 1. The fourth-order valence-corrected chi connectivity index (χ4v) is 3.43. The van der Waals surface area contributed by atoms with E-state index >= 15 is 0 Å². The van der Waals surface area contributed by atoms with E-state index in [1.54, 1.807) is 0 Å². The molecule has 1 aliphatic heterocycles. The number of hydrogen-bond donors (Lipinski definition) is 1. The molecular weight excluding hydrogens is 180 g/mol. The Labute approximate surface area is 82.4 Å². The van der Waals surface area contributed by atoms with Gasteiger partial charge in [-0.3, -0.25) is 0 Å². The highest BCUT2D eigenvalue weighted by Crippen LogP contribution is 2.31. The lowest BCUT2D eigenvalue weighted by Gasteiger charge is -2.35. The van der Waals surface area contributed by atoms with E-state index in [0.29, 0.717) is 0 Å². The summed E-state index contributed by atoms with van der Waals surface area (Å²) in [6.07, 6.45) is 5.19. The Morgan fingerprint density at radius 3 is 3.46 bits per heavy atom. The molecule has 1 N–H and O–H groups in total. The van der Waals surface area contributed by atoms with Crippen molar-refractivity contribution in [2.24, 2.45) is 5.92 Å². The zero-order chi connectivity index (χ0) is 8.67. The lowest BCUT2D eigenvalue weighted by Crippen LogP contribution is -2.45. The van der Waals surface area contributed by atoms with Crippen molar-refractivity contribution in [3.63, 3.8) is 0 Å². The highest BCUT2D eigenvalue weighted by Gasteiger charge is 2.31. The predicted molar refractivity (Wildman–Crippen MR) is 54.0 cm³/mol. The minimum atomic E-state index is 0.752. The average molecular weight is 194 g/mol. The zero-order valence-corrected chi connectivity index (χ0v) is 8.44. The quantitative estimate of drug-likeness (QED) is 0.678. The number of hydrogen-bond acceptors (Lipinski definition) is 3. The fraction of sp³-hybridized carbons (Fsp3) is 0.700. The molecule has 0 amide bonds. The second-order valence-electron chi connectivity index (χ2n) is 4.09. The molecule has 0 bridgehead atoms. The van der Waals surface area contributed by atoms with E-state index in [1.165, 1.54) is 42.8 Å². The largest absolute Gasteiger partial charge is 0.313 e. The molecule has 1 aliphatic carbocycles. The van der Waals surface area contributed by atoms with Crippen molar-refractivity contribution in [1.29, 1.82) is 0 Å². The van der Waals surface area contributed by atoms with Gasteiger partial charge in [0.2, 0.25) is 0 Å². The van der Waals surface area contributed by atoms with Crippen LogP contribution in [0.2, 0.25) is 0 Å². The molecule has 13 heavy (non-hydrogen) atoms. The van der Waals surface area contributed by atoms with Crippen LogP contribution in [0.25, 0.3) is 0 Å². The summed E-state index contributed by atoms with van der Waals surface area (Å²) in [4.78, 5) is 5.96. The molecule has 0 spiro atoms. The van der Waals surface area contributed by atoms with Crippen LogP contribution >= 0.6 is 11.3 Å². The third-order valence-electron chi connectivity index (χ3n) is 3.31. The summed E-state index contributed by atoms with van der Waals surface area (Å²) in [7, 11) is 0. The van der Waals surface area contributed by atoms with E-state index in [-0.39, 0.29) is 0 Å². The van der Waals surface area contributed by atoms with E-state index in [0.717, 1.165) is 12.0 Å². The van der Waals surface area contributed by atoms with E-state index in [9.17, 15) is 0 Å². The van der Waals surface area contributed by atoms with Crippen molar-refractivity contribution < 1.29 is 0 Å². The highest BCUT2D eigenvalue weighted by atomic mass is 32.1. The third kappa shape index (κ3) is 1.30. The fourth-order valence-electron chi connectivity index (χ4n) is 2.58. The lowest BCUT2D eigenvalue weighted by molar-refractivity contribution is 0.263. The number of aromatic nitrogens is 1. The second kappa shape index (κ2) is 3.07. The minimum absolute atomic E-state index is 0.752. The monoisotopic (exact) mass is 194 g/mol. The van der Waals surface area contributed by atoms with Gasteiger partial charge < -0.3 is 5.32 Å².